The van der Waals surface area contributed by atoms with Crippen LogP contribution in [-0.4, -0.2) is 37.4 Å². The van der Waals surface area contributed by atoms with Gasteiger partial charge >= 0.3 is 0 Å². The lowest BCUT2D eigenvalue weighted by Crippen LogP contribution is -2.30. The molecule has 0 saturated carbocycles. The maximum Gasteiger partial charge on any atom is 0.277 e. The van der Waals surface area contributed by atoms with Crippen molar-refractivity contribution in [1.29, 1.82) is 0 Å². The average Bonchev–Trinajstić information content (AvgIpc) is 3.33. The highest BCUT2D eigenvalue weighted by Gasteiger charge is 2.26. The molecule has 0 saturated heterocycles. The maximum absolute atomic E-state index is 14.6. The Morgan fingerprint density at radius 1 is 1.19 bits per heavy atom. The summed E-state index contributed by atoms with van der Waals surface area (Å²) in [5.74, 6) is -1.15. The Balaban J connectivity index is 1.60. The molecule has 0 radical (unpaired) electrons. The number of pyridine rings is 1. The number of benzene rings is 1. The number of hydrogen-bond acceptors (Lipinski definition) is 3. The molecule has 0 aliphatic heterocycles. The standard InChI is InChI=1S/C20H18FN5O/c1-13(15-12-16(24-23-15)14-8-4-3-5-9-14)25(2)20(27)18-19(21)26-11-7-6-10-17(26)22-18/h3-13H,1-2H3,(H,23,24)/t13-/m1/s1. The molecule has 0 bridgehead atoms. The van der Waals surface area contributed by atoms with Crippen LogP contribution in [0.15, 0.2) is 60.8 Å². The molecule has 6 nitrogen and oxygen atoms in total. The molecule has 0 unspecified atom stereocenters. The highest BCUT2D eigenvalue weighted by molar-refractivity contribution is 5.93. The highest BCUT2D eigenvalue weighted by Crippen LogP contribution is 2.24. The topological polar surface area (TPSA) is 66.3 Å². The van der Waals surface area contributed by atoms with Crippen molar-refractivity contribution in [2.45, 2.75) is 13.0 Å². The van der Waals surface area contributed by atoms with Gasteiger partial charge in [-0.2, -0.15) is 9.49 Å². The monoisotopic (exact) mass is 363 g/mol. The van der Waals surface area contributed by atoms with Gasteiger partial charge in [-0.3, -0.25) is 14.3 Å². The first-order valence-electron chi connectivity index (χ1n) is 8.56. The van der Waals surface area contributed by atoms with Crippen LogP contribution in [0.3, 0.4) is 0 Å². The Bertz CT molecular complexity index is 1100. The molecule has 3 aromatic heterocycles. The fraction of sp³-hybridized carbons (Fsp3) is 0.150. The molecule has 4 rings (SSSR count). The Morgan fingerprint density at radius 2 is 1.93 bits per heavy atom. The van der Waals surface area contributed by atoms with Gasteiger partial charge < -0.3 is 4.90 Å². The molecule has 1 amide bonds. The normalized spacial score (nSPS) is 12.3. The average molecular weight is 363 g/mol. The lowest BCUT2D eigenvalue weighted by atomic mass is 10.1. The third-order valence-corrected chi connectivity index (χ3v) is 4.69. The van der Waals surface area contributed by atoms with E-state index in [2.05, 4.69) is 15.2 Å². The summed E-state index contributed by atoms with van der Waals surface area (Å²) in [7, 11) is 1.62. The van der Waals surface area contributed by atoms with Crippen molar-refractivity contribution in [3.63, 3.8) is 0 Å². The van der Waals surface area contributed by atoms with Gasteiger partial charge in [0.1, 0.15) is 5.65 Å². The Hall–Kier alpha value is -3.48. The van der Waals surface area contributed by atoms with Crippen LogP contribution < -0.4 is 0 Å². The number of carbonyl (C=O) groups is 1. The van der Waals surface area contributed by atoms with E-state index >= 15 is 0 Å². The first kappa shape index (κ1) is 17.0. The van der Waals surface area contributed by atoms with Gasteiger partial charge in [-0.15, -0.1) is 0 Å². The van der Waals surface area contributed by atoms with E-state index in [9.17, 15) is 9.18 Å². The highest BCUT2D eigenvalue weighted by atomic mass is 19.1. The molecule has 0 fully saturated rings. The fourth-order valence-corrected chi connectivity index (χ4v) is 2.96. The molecule has 0 aliphatic carbocycles. The predicted molar refractivity (Wildman–Crippen MR) is 99.7 cm³/mol. The van der Waals surface area contributed by atoms with E-state index in [0.29, 0.717) is 5.65 Å². The molecule has 1 atom stereocenters. The number of nitrogens with zero attached hydrogens (tertiary/aromatic N) is 4. The molecule has 27 heavy (non-hydrogen) atoms. The van der Waals surface area contributed by atoms with Crippen LogP contribution in [0, 0.1) is 5.95 Å². The first-order chi connectivity index (χ1) is 13.1. The fourth-order valence-electron chi connectivity index (χ4n) is 2.96. The summed E-state index contributed by atoms with van der Waals surface area (Å²) in [6.45, 7) is 1.86. The van der Waals surface area contributed by atoms with Crippen LogP contribution in [0.4, 0.5) is 4.39 Å². The van der Waals surface area contributed by atoms with Crippen molar-refractivity contribution < 1.29 is 9.18 Å². The minimum Gasteiger partial charge on any atom is -0.332 e. The SMILES string of the molecule is C[C@H](c1cc(-c2ccccc2)n[nH]1)N(C)C(=O)c1nc2ccccn2c1F. The summed E-state index contributed by atoms with van der Waals surface area (Å²) < 4.78 is 15.8. The van der Waals surface area contributed by atoms with E-state index in [-0.39, 0.29) is 11.7 Å². The number of nitrogens with one attached hydrogen (secondary N) is 1. The number of aromatic amines is 1. The van der Waals surface area contributed by atoms with Crippen molar-refractivity contribution >= 4 is 11.6 Å². The molecule has 3 heterocycles. The predicted octanol–water partition coefficient (Wildman–Crippen LogP) is 3.70. The van der Waals surface area contributed by atoms with E-state index in [1.807, 2.05) is 43.3 Å². The number of imidazole rings is 1. The van der Waals surface area contributed by atoms with E-state index < -0.39 is 11.9 Å². The molecular weight excluding hydrogens is 345 g/mol. The quantitative estimate of drug-likeness (QED) is 0.601. The molecule has 0 aliphatic rings. The smallest absolute Gasteiger partial charge is 0.277 e. The lowest BCUT2D eigenvalue weighted by Gasteiger charge is -2.22. The molecule has 4 aromatic rings. The number of fused-ring (bicyclic) bond motifs is 1. The van der Waals surface area contributed by atoms with Crippen LogP contribution in [0.2, 0.25) is 0 Å². The Kier molecular flexibility index (Phi) is 4.19. The first-order valence-corrected chi connectivity index (χ1v) is 8.56. The number of amides is 1. The van der Waals surface area contributed by atoms with Crippen LogP contribution in [0.25, 0.3) is 16.9 Å². The summed E-state index contributed by atoms with van der Waals surface area (Å²) >= 11 is 0. The van der Waals surface area contributed by atoms with Crippen molar-refractivity contribution in [1.82, 2.24) is 24.5 Å². The van der Waals surface area contributed by atoms with Crippen molar-refractivity contribution in [2.24, 2.45) is 0 Å². The third-order valence-electron chi connectivity index (χ3n) is 4.69. The number of halogens is 1. The van der Waals surface area contributed by atoms with E-state index in [1.165, 1.54) is 9.30 Å². The van der Waals surface area contributed by atoms with Gasteiger partial charge in [0.05, 0.1) is 17.4 Å². The van der Waals surface area contributed by atoms with Gasteiger partial charge in [0.15, 0.2) is 5.69 Å². The Labute approximate surface area is 155 Å². The lowest BCUT2D eigenvalue weighted by molar-refractivity contribution is 0.0729. The van der Waals surface area contributed by atoms with Gasteiger partial charge in [0.2, 0.25) is 5.95 Å². The van der Waals surface area contributed by atoms with Crippen LogP contribution in [-0.2, 0) is 0 Å². The zero-order valence-electron chi connectivity index (χ0n) is 14.9. The van der Waals surface area contributed by atoms with Gasteiger partial charge in [-0.1, -0.05) is 36.4 Å². The number of aromatic nitrogens is 4. The number of carbonyl (C=O) groups excluding carboxylic acids is 1. The second-order valence-electron chi connectivity index (χ2n) is 6.35. The molecule has 0 spiro atoms. The van der Waals surface area contributed by atoms with Crippen molar-refractivity contribution in [2.75, 3.05) is 7.05 Å². The zero-order chi connectivity index (χ0) is 19.0. The van der Waals surface area contributed by atoms with E-state index in [0.717, 1.165) is 17.0 Å². The number of hydrogen-bond donors (Lipinski definition) is 1. The van der Waals surface area contributed by atoms with Crippen LogP contribution >= 0.6 is 0 Å². The van der Waals surface area contributed by atoms with Gasteiger partial charge in [0, 0.05) is 18.8 Å². The van der Waals surface area contributed by atoms with Crippen molar-refractivity contribution in [3.05, 3.63) is 78.1 Å². The molecule has 7 heteroatoms. The minimum atomic E-state index is -0.663. The van der Waals surface area contributed by atoms with Crippen LogP contribution in [0.1, 0.15) is 29.1 Å². The third kappa shape index (κ3) is 2.97. The van der Waals surface area contributed by atoms with E-state index in [4.69, 9.17) is 0 Å². The molecule has 136 valence electrons. The van der Waals surface area contributed by atoms with Gasteiger partial charge in [-0.25, -0.2) is 4.98 Å². The van der Waals surface area contributed by atoms with Crippen molar-refractivity contribution in [3.8, 4) is 11.3 Å². The summed E-state index contributed by atoms with van der Waals surface area (Å²) in [4.78, 5) is 18.4. The summed E-state index contributed by atoms with van der Waals surface area (Å²) in [5, 5.41) is 7.29. The summed E-state index contributed by atoms with van der Waals surface area (Å²) in [6, 6.07) is 16.4. The summed E-state index contributed by atoms with van der Waals surface area (Å²) in [6.07, 6.45) is 1.54. The second kappa shape index (κ2) is 6.68. The summed E-state index contributed by atoms with van der Waals surface area (Å²) in [5.41, 5.74) is 2.73. The van der Waals surface area contributed by atoms with Crippen LogP contribution in [0.5, 0.6) is 0 Å². The van der Waals surface area contributed by atoms with Gasteiger partial charge in [-0.05, 0) is 25.1 Å². The molecule has 1 aromatic carbocycles. The minimum absolute atomic E-state index is 0.196. The molecule has 1 N–H and O–H groups in total. The zero-order valence-corrected chi connectivity index (χ0v) is 14.9. The maximum atomic E-state index is 14.6. The van der Waals surface area contributed by atoms with E-state index in [1.54, 1.807) is 31.4 Å². The second-order valence-corrected chi connectivity index (χ2v) is 6.35. The molecular formula is C20H18FN5O. The largest absolute Gasteiger partial charge is 0.332 e. The number of rotatable bonds is 4. The van der Waals surface area contributed by atoms with Gasteiger partial charge in [0.25, 0.3) is 5.91 Å². The Morgan fingerprint density at radius 3 is 2.67 bits per heavy atom. The number of H-pyrrole nitrogens is 1.